The molecule has 0 aromatic heterocycles. The molecule has 0 N–H and O–H groups in total. The van der Waals surface area contributed by atoms with E-state index in [1.807, 2.05) is 6.92 Å². The average molecular weight is 251 g/mol. The van der Waals surface area contributed by atoms with Crippen LogP contribution in [-0.4, -0.2) is 23.5 Å². The average Bonchev–Trinajstić information content (AvgIpc) is 1.89. The second-order valence-corrected chi connectivity index (χ2v) is 5.54. The van der Waals surface area contributed by atoms with Crippen molar-refractivity contribution >= 4 is 37.8 Å². The quantitative estimate of drug-likeness (QED) is 0.561. The fourth-order valence-corrected chi connectivity index (χ4v) is 2.30. The van der Waals surface area contributed by atoms with Crippen LogP contribution in [0.25, 0.3) is 0 Å². The van der Waals surface area contributed by atoms with Crippen molar-refractivity contribution in [3.63, 3.8) is 0 Å². The highest BCUT2D eigenvalue weighted by Crippen LogP contribution is 2.09. The van der Waals surface area contributed by atoms with Crippen molar-refractivity contribution in [3.05, 3.63) is 0 Å². The van der Waals surface area contributed by atoms with Gasteiger partial charge in [0.15, 0.2) is 0 Å². The molecule has 0 fully saturated rings. The Kier molecular flexibility index (Phi) is 4.84. The van der Waals surface area contributed by atoms with Crippen LogP contribution in [0.4, 0.5) is 0 Å². The van der Waals surface area contributed by atoms with Gasteiger partial charge in [-0.3, -0.25) is 0 Å². The molecule has 0 rings (SSSR count). The van der Waals surface area contributed by atoms with Crippen LogP contribution in [0.3, 0.4) is 0 Å². The van der Waals surface area contributed by atoms with Crippen molar-refractivity contribution in [1.82, 2.24) is 3.33 Å². The van der Waals surface area contributed by atoms with Crippen LogP contribution in [-0.2, 0) is 10.0 Å². The summed E-state index contributed by atoms with van der Waals surface area (Å²) in [6.07, 6.45) is 0.765. The molecule has 0 spiro atoms. The zero-order valence-electron chi connectivity index (χ0n) is 5.55. The Labute approximate surface area is 74.7 Å². The van der Waals surface area contributed by atoms with Crippen LogP contribution in [0, 0.1) is 0 Å². The van der Waals surface area contributed by atoms with Crippen molar-refractivity contribution < 1.29 is 8.42 Å². The first kappa shape index (κ1) is 10.7. The molecular weight excluding hydrogens is 241 g/mol. The molecule has 3 nitrogen and oxygen atoms in total. The number of nitrogens with zero attached hydrogens (tertiary/aromatic N) is 1. The maximum atomic E-state index is 10.8. The van der Waals surface area contributed by atoms with Crippen LogP contribution in [0.2, 0.25) is 0 Å². The number of sulfonamides is 1. The van der Waals surface area contributed by atoms with E-state index in [2.05, 4.69) is 16.1 Å². The molecule has 0 unspecified atom stereocenters. The molecule has 6 heteroatoms. The highest BCUT2D eigenvalue weighted by atomic mass is 79.9. The Morgan fingerprint density at radius 3 is 2.40 bits per heavy atom. The monoisotopic (exact) mass is 249 g/mol. The molecule has 0 amide bonds. The van der Waals surface area contributed by atoms with Crippen LogP contribution in [0.5, 0.6) is 0 Å². The second kappa shape index (κ2) is 4.54. The van der Waals surface area contributed by atoms with Gasteiger partial charge in [0.1, 0.15) is 5.21 Å². The highest BCUT2D eigenvalue weighted by Gasteiger charge is 2.16. The van der Waals surface area contributed by atoms with Crippen molar-refractivity contribution in [2.45, 2.75) is 13.3 Å². The summed E-state index contributed by atoms with van der Waals surface area (Å²) >= 11 is 8.04. The van der Waals surface area contributed by atoms with Crippen LogP contribution in [0.15, 0.2) is 0 Å². The zero-order valence-corrected chi connectivity index (χ0v) is 8.71. The number of hydrogen-bond donors (Lipinski definition) is 0. The normalized spacial score (nSPS) is 12.4. The van der Waals surface area contributed by atoms with Gasteiger partial charge in [0.2, 0.25) is 10.0 Å². The molecule has 0 aliphatic rings. The van der Waals surface area contributed by atoms with Crippen molar-refractivity contribution in [3.8, 4) is 0 Å². The number of alkyl halides is 1. The van der Waals surface area contributed by atoms with Gasteiger partial charge in [-0.25, -0.2) is 8.42 Å². The summed E-state index contributed by atoms with van der Waals surface area (Å²) in [5.74, 6) is 0. The summed E-state index contributed by atoms with van der Waals surface area (Å²) < 4.78 is 22.7. The summed E-state index contributed by atoms with van der Waals surface area (Å²) in [5, 5.41) is -0.377. The summed E-state index contributed by atoms with van der Waals surface area (Å²) in [7, 11) is -3.24. The van der Waals surface area contributed by atoms with E-state index in [0.717, 1.165) is 9.75 Å². The largest absolute Gasteiger partial charge is 0.237 e. The summed E-state index contributed by atoms with van der Waals surface area (Å²) in [6.45, 7) is 2.34. The first-order chi connectivity index (χ1) is 4.54. The summed E-state index contributed by atoms with van der Waals surface area (Å²) in [6, 6.07) is 0. The standard InChI is InChI=1S/C4H9BrClNO2S/c1-2-3-7(5)10(8,9)4-6/h2-4H2,1H3. The van der Waals surface area contributed by atoms with E-state index in [9.17, 15) is 8.42 Å². The maximum absolute atomic E-state index is 10.8. The third-order valence-electron chi connectivity index (χ3n) is 0.839. The van der Waals surface area contributed by atoms with E-state index >= 15 is 0 Å². The Morgan fingerprint density at radius 2 is 2.10 bits per heavy atom. The number of halogens is 2. The van der Waals surface area contributed by atoms with Crippen molar-refractivity contribution in [2.75, 3.05) is 11.8 Å². The van der Waals surface area contributed by atoms with Gasteiger partial charge in [-0.15, -0.1) is 14.9 Å². The molecule has 0 aromatic carbocycles. The molecule has 10 heavy (non-hydrogen) atoms. The Morgan fingerprint density at radius 1 is 1.60 bits per heavy atom. The molecule has 0 aliphatic heterocycles. The van der Waals surface area contributed by atoms with E-state index in [-0.39, 0.29) is 5.21 Å². The molecule has 0 heterocycles. The van der Waals surface area contributed by atoms with Crippen LogP contribution >= 0.6 is 27.7 Å². The molecule has 0 aromatic rings. The van der Waals surface area contributed by atoms with Crippen LogP contribution < -0.4 is 0 Å². The van der Waals surface area contributed by atoms with E-state index < -0.39 is 10.0 Å². The minimum absolute atomic E-state index is 0.377. The molecule has 0 bridgehead atoms. The van der Waals surface area contributed by atoms with Gasteiger partial charge in [0.25, 0.3) is 0 Å². The van der Waals surface area contributed by atoms with Gasteiger partial charge in [-0.05, 0) is 6.42 Å². The molecule has 0 radical (unpaired) electrons. The minimum atomic E-state index is -3.24. The highest BCUT2D eigenvalue weighted by molar-refractivity contribution is 9.08. The second-order valence-electron chi connectivity index (χ2n) is 1.73. The fourth-order valence-electron chi connectivity index (χ4n) is 0.368. The first-order valence-corrected chi connectivity index (χ1v) is 5.62. The third-order valence-corrected chi connectivity index (χ3v) is 4.41. The van der Waals surface area contributed by atoms with E-state index in [1.165, 1.54) is 0 Å². The van der Waals surface area contributed by atoms with Gasteiger partial charge < -0.3 is 0 Å². The Hall–Kier alpha value is 0.680. The molecular formula is C4H9BrClNO2S. The lowest BCUT2D eigenvalue weighted by Crippen LogP contribution is -2.22. The topological polar surface area (TPSA) is 37.4 Å². The lowest BCUT2D eigenvalue weighted by atomic mass is 10.5. The van der Waals surface area contributed by atoms with Gasteiger partial charge in [0.05, 0.1) is 0 Å². The Bertz CT molecular complexity index is 182. The summed E-state index contributed by atoms with van der Waals surface area (Å²) in [4.78, 5) is 0. The first-order valence-electron chi connectivity index (χ1n) is 2.76. The smallest absolute Gasteiger partial charge is 0.210 e. The molecule has 62 valence electrons. The summed E-state index contributed by atoms with van der Waals surface area (Å²) in [5.41, 5.74) is 0. The number of rotatable bonds is 4. The SMILES string of the molecule is CCCN(Br)S(=O)(=O)CCl. The van der Waals surface area contributed by atoms with E-state index in [1.54, 1.807) is 0 Å². The van der Waals surface area contributed by atoms with Gasteiger partial charge in [-0.1, -0.05) is 6.92 Å². The molecule has 0 aliphatic carbocycles. The van der Waals surface area contributed by atoms with E-state index in [4.69, 9.17) is 11.6 Å². The van der Waals surface area contributed by atoms with Gasteiger partial charge >= 0.3 is 0 Å². The zero-order chi connectivity index (χ0) is 8.20. The lowest BCUT2D eigenvalue weighted by Gasteiger charge is -2.10. The van der Waals surface area contributed by atoms with E-state index in [0.29, 0.717) is 6.54 Å². The predicted octanol–water partition coefficient (Wildman–Crippen LogP) is 1.53. The van der Waals surface area contributed by atoms with Crippen molar-refractivity contribution in [2.24, 2.45) is 0 Å². The third kappa shape index (κ3) is 3.18. The lowest BCUT2D eigenvalue weighted by molar-refractivity contribution is 0.550. The fraction of sp³-hybridized carbons (Fsp3) is 1.00. The molecule has 0 atom stereocenters. The van der Waals surface area contributed by atoms with Gasteiger partial charge in [-0.2, -0.15) is 0 Å². The van der Waals surface area contributed by atoms with Crippen LogP contribution in [0.1, 0.15) is 13.3 Å². The van der Waals surface area contributed by atoms with Gasteiger partial charge in [0, 0.05) is 22.7 Å². The minimum Gasteiger partial charge on any atom is -0.210 e. The Balaban J connectivity index is 4.06. The molecule has 0 saturated carbocycles. The molecule has 0 saturated heterocycles. The predicted molar refractivity (Wildman–Crippen MR) is 45.6 cm³/mol. The number of hydrogen-bond acceptors (Lipinski definition) is 2. The maximum Gasteiger partial charge on any atom is 0.237 e. The van der Waals surface area contributed by atoms with Crippen molar-refractivity contribution in [1.29, 1.82) is 0 Å².